The van der Waals surface area contributed by atoms with Crippen molar-refractivity contribution in [1.82, 2.24) is 0 Å². The Kier molecular flexibility index (Phi) is 6.33. The molecule has 1 fully saturated rings. The van der Waals surface area contributed by atoms with Crippen molar-refractivity contribution in [3.8, 4) is 17.2 Å². The second-order valence-electron chi connectivity index (χ2n) is 12.3. The van der Waals surface area contributed by atoms with E-state index in [4.69, 9.17) is 14.2 Å². The van der Waals surface area contributed by atoms with Crippen LogP contribution in [0.15, 0.2) is 60.7 Å². The topological polar surface area (TPSA) is 82.1 Å². The van der Waals surface area contributed by atoms with Crippen LogP contribution in [0.2, 0.25) is 0 Å². The van der Waals surface area contributed by atoms with E-state index < -0.39 is 28.8 Å². The van der Waals surface area contributed by atoms with Gasteiger partial charge in [-0.15, -0.1) is 0 Å². The zero-order valence-corrected chi connectivity index (χ0v) is 25.0. The van der Waals surface area contributed by atoms with Gasteiger partial charge in [-0.1, -0.05) is 74.9 Å². The fourth-order valence-electron chi connectivity index (χ4n) is 7.25. The minimum Gasteiger partial charge on any atom is -0.493 e. The highest BCUT2D eigenvalue weighted by atomic mass is 16.5. The normalized spacial score (nSPS) is 21.7. The van der Waals surface area contributed by atoms with Gasteiger partial charge in [-0.2, -0.15) is 0 Å². The number of carbonyl (C=O) groups is 3. The van der Waals surface area contributed by atoms with Crippen molar-refractivity contribution in [3.05, 3.63) is 88.5 Å². The molecule has 3 atom stereocenters. The summed E-state index contributed by atoms with van der Waals surface area (Å²) < 4.78 is 17.3. The molecular formula is C35H35NO6. The van der Waals surface area contributed by atoms with Gasteiger partial charge in [0.2, 0.25) is 5.75 Å². The lowest BCUT2D eigenvalue weighted by Gasteiger charge is -2.38. The zero-order valence-electron chi connectivity index (χ0n) is 25.0. The maximum absolute atomic E-state index is 14.8. The number of hydrogen-bond donors (Lipinski definition) is 0. The average molecular weight is 566 g/mol. The lowest BCUT2D eigenvalue weighted by Crippen LogP contribution is -2.49. The number of methoxy groups -OCH3 is 3. The third-order valence-corrected chi connectivity index (χ3v) is 9.04. The van der Waals surface area contributed by atoms with Gasteiger partial charge >= 0.3 is 0 Å². The van der Waals surface area contributed by atoms with Gasteiger partial charge in [0.15, 0.2) is 28.8 Å². The summed E-state index contributed by atoms with van der Waals surface area (Å²) in [6, 6.07) is 15.0. The van der Waals surface area contributed by atoms with E-state index in [1.807, 2.05) is 56.9 Å². The second-order valence-corrected chi connectivity index (χ2v) is 12.3. The Morgan fingerprint density at radius 2 is 1.50 bits per heavy atom. The minimum absolute atomic E-state index is 0.0791. The highest BCUT2D eigenvalue weighted by Crippen LogP contribution is 2.63. The molecular weight excluding hydrogens is 530 g/mol. The monoisotopic (exact) mass is 565 g/mol. The number of hydrogen-bond acceptors (Lipinski definition) is 7. The molecule has 3 aromatic carbocycles. The van der Waals surface area contributed by atoms with Crippen molar-refractivity contribution < 1.29 is 28.6 Å². The molecule has 3 aliphatic rings. The minimum atomic E-state index is -1.62. The molecule has 0 N–H and O–H groups in total. The van der Waals surface area contributed by atoms with Crippen molar-refractivity contribution >= 4 is 29.1 Å². The molecule has 2 aliphatic heterocycles. The second kappa shape index (κ2) is 9.58. The van der Waals surface area contributed by atoms with E-state index in [1.54, 1.807) is 36.4 Å². The van der Waals surface area contributed by atoms with E-state index in [2.05, 4.69) is 6.07 Å². The summed E-state index contributed by atoms with van der Waals surface area (Å²) >= 11 is 0. The molecule has 0 radical (unpaired) electrons. The summed E-state index contributed by atoms with van der Waals surface area (Å²) in [7, 11) is 4.56. The van der Waals surface area contributed by atoms with Crippen molar-refractivity contribution in [3.63, 3.8) is 0 Å². The van der Waals surface area contributed by atoms with Gasteiger partial charge in [0.25, 0.3) is 0 Å². The molecule has 7 heteroatoms. The molecule has 1 saturated heterocycles. The maximum atomic E-state index is 14.8. The van der Waals surface area contributed by atoms with Crippen LogP contribution in [-0.4, -0.2) is 50.8 Å². The van der Waals surface area contributed by atoms with Gasteiger partial charge in [0, 0.05) is 33.7 Å². The quantitative estimate of drug-likeness (QED) is 0.347. The molecule has 7 nitrogen and oxygen atoms in total. The molecule has 1 aliphatic carbocycles. The summed E-state index contributed by atoms with van der Waals surface area (Å²) in [5.41, 5.74) is 1.70. The van der Waals surface area contributed by atoms with E-state index in [1.165, 1.54) is 21.3 Å². The molecule has 2 heterocycles. The first-order valence-electron chi connectivity index (χ1n) is 14.1. The third kappa shape index (κ3) is 3.55. The Morgan fingerprint density at radius 3 is 2.07 bits per heavy atom. The van der Waals surface area contributed by atoms with E-state index in [0.29, 0.717) is 33.9 Å². The van der Waals surface area contributed by atoms with Crippen molar-refractivity contribution in [2.75, 3.05) is 26.2 Å². The number of anilines is 1. The molecule has 0 amide bonds. The highest BCUT2D eigenvalue weighted by molar-refractivity contribution is 6.32. The molecule has 42 heavy (non-hydrogen) atoms. The molecule has 1 spiro atoms. The molecule has 216 valence electrons. The first kappa shape index (κ1) is 27.8. The van der Waals surface area contributed by atoms with E-state index in [0.717, 1.165) is 16.8 Å². The van der Waals surface area contributed by atoms with Crippen LogP contribution < -0.4 is 19.1 Å². The number of nitrogens with zero attached hydrogens (tertiary/aromatic N) is 1. The van der Waals surface area contributed by atoms with Crippen LogP contribution in [0.5, 0.6) is 17.2 Å². The molecule has 3 aromatic rings. The fraction of sp³-hybridized carbons (Fsp3) is 0.343. The van der Waals surface area contributed by atoms with Crippen LogP contribution in [0.4, 0.5) is 5.69 Å². The molecule has 0 saturated carbocycles. The van der Waals surface area contributed by atoms with Crippen LogP contribution in [0.3, 0.4) is 0 Å². The summed E-state index contributed by atoms with van der Waals surface area (Å²) in [4.78, 5) is 46.4. The predicted molar refractivity (Wildman–Crippen MR) is 161 cm³/mol. The average Bonchev–Trinajstić information content (AvgIpc) is 3.40. The van der Waals surface area contributed by atoms with E-state index >= 15 is 0 Å². The molecule has 0 bridgehead atoms. The molecule has 6 rings (SSSR count). The highest BCUT2D eigenvalue weighted by Gasteiger charge is 2.72. The SMILES string of the molecule is COc1ccc([C@@H]2[C@@H](C(=O)C(C)(C)C)N3c4ccc(C)cc4C=CC3C23C(=O)c2ccccc2C3=O)c(OC)c1OC. The number of Topliss-reactive ketones (excluding diaryl/α,β-unsaturated/α-hetero) is 3. The first-order valence-corrected chi connectivity index (χ1v) is 14.1. The van der Waals surface area contributed by atoms with Crippen LogP contribution in [0, 0.1) is 17.8 Å². The standard InChI is InChI=1S/C35H35NO6/c1-19-12-15-24-20(18-19)13-17-26-35(31(37)21-10-8-9-11-22(21)32(35)38)27(28(36(24)26)33(39)34(2,3)4)23-14-16-25(40-5)30(42-7)29(23)41-6/h8-18,26-28H,1-7H3/t26?,27-,28+/m1/s1. The third-order valence-electron chi connectivity index (χ3n) is 9.04. The van der Waals surface area contributed by atoms with Gasteiger partial charge < -0.3 is 19.1 Å². The van der Waals surface area contributed by atoms with Crippen LogP contribution in [0.1, 0.15) is 64.1 Å². The summed E-state index contributed by atoms with van der Waals surface area (Å²) in [5, 5.41) is 0. The Hall–Kier alpha value is -4.39. The first-order chi connectivity index (χ1) is 20.0. The zero-order chi connectivity index (χ0) is 30.1. The van der Waals surface area contributed by atoms with E-state index in [-0.39, 0.29) is 17.3 Å². The van der Waals surface area contributed by atoms with Gasteiger partial charge in [0.1, 0.15) is 5.41 Å². The Bertz CT molecular complexity index is 1640. The Morgan fingerprint density at radius 1 is 0.857 bits per heavy atom. The lowest BCUT2D eigenvalue weighted by atomic mass is 9.63. The molecule has 1 unspecified atom stereocenters. The Labute approximate surface area is 246 Å². The Balaban J connectivity index is 1.75. The van der Waals surface area contributed by atoms with Crippen molar-refractivity contribution in [2.24, 2.45) is 10.8 Å². The maximum Gasteiger partial charge on any atom is 0.203 e. The number of rotatable bonds is 5. The predicted octanol–water partition coefficient (Wildman–Crippen LogP) is 6.07. The van der Waals surface area contributed by atoms with Gasteiger partial charge in [-0.25, -0.2) is 0 Å². The summed E-state index contributed by atoms with van der Waals surface area (Å²) in [5.74, 6) is -0.444. The van der Waals surface area contributed by atoms with E-state index in [9.17, 15) is 14.4 Å². The number of ketones is 3. The fourth-order valence-corrected chi connectivity index (χ4v) is 7.25. The van der Waals surface area contributed by atoms with Crippen molar-refractivity contribution in [2.45, 2.75) is 45.7 Å². The number of fused-ring (bicyclic) bond motifs is 5. The van der Waals surface area contributed by atoms with Crippen molar-refractivity contribution in [1.29, 1.82) is 0 Å². The smallest absolute Gasteiger partial charge is 0.203 e. The lowest BCUT2D eigenvalue weighted by molar-refractivity contribution is -0.127. The number of carbonyl (C=O) groups excluding carboxylic acids is 3. The van der Waals surface area contributed by atoms with Gasteiger partial charge in [-0.05, 0) is 30.7 Å². The molecule has 0 aromatic heterocycles. The van der Waals surface area contributed by atoms with Gasteiger partial charge in [0.05, 0.1) is 33.4 Å². The van der Waals surface area contributed by atoms with Crippen LogP contribution in [0.25, 0.3) is 6.08 Å². The largest absolute Gasteiger partial charge is 0.493 e. The summed E-state index contributed by atoms with van der Waals surface area (Å²) in [6.45, 7) is 7.64. The van der Waals surface area contributed by atoms with Crippen LogP contribution in [-0.2, 0) is 4.79 Å². The number of aryl methyl sites for hydroxylation is 1. The number of ether oxygens (including phenoxy) is 3. The van der Waals surface area contributed by atoms with Gasteiger partial charge in [-0.3, -0.25) is 14.4 Å². The number of benzene rings is 3. The summed E-state index contributed by atoms with van der Waals surface area (Å²) in [6.07, 6.45) is 3.90. The van der Waals surface area contributed by atoms with Crippen LogP contribution >= 0.6 is 0 Å².